The van der Waals surface area contributed by atoms with E-state index in [4.69, 9.17) is 9.15 Å². The molecule has 2 bridgehead atoms. The maximum Gasteiger partial charge on any atom is 0.418 e. The Hall–Kier alpha value is -2.17. The van der Waals surface area contributed by atoms with E-state index in [9.17, 15) is 13.2 Å². The fourth-order valence-corrected chi connectivity index (χ4v) is 5.09. The van der Waals surface area contributed by atoms with Crippen LogP contribution in [0.2, 0.25) is 0 Å². The van der Waals surface area contributed by atoms with Crippen molar-refractivity contribution in [1.82, 2.24) is 15.3 Å². The van der Waals surface area contributed by atoms with Gasteiger partial charge >= 0.3 is 6.18 Å². The summed E-state index contributed by atoms with van der Waals surface area (Å²) in [4.78, 5) is 10.6. The van der Waals surface area contributed by atoms with Crippen molar-refractivity contribution in [2.45, 2.75) is 44.1 Å². The molecule has 30 heavy (non-hydrogen) atoms. The number of oxazole rings is 1. The van der Waals surface area contributed by atoms with Crippen molar-refractivity contribution < 1.29 is 22.3 Å². The van der Waals surface area contributed by atoms with Crippen molar-refractivity contribution in [3.63, 3.8) is 0 Å². The van der Waals surface area contributed by atoms with E-state index < -0.39 is 17.8 Å². The number of ether oxygens (including phenoxy) is 1. The quantitative estimate of drug-likeness (QED) is 0.642. The van der Waals surface area contributed by atoms with E-state index in [0.717, 1.165) is 12.8 Å². The lowest BCUT2D eigenvalue weighted by molar-refractivity contribution is -0.138. The molecule has 6 nitrogen and oxygen atoms in total. The van der Waals surface area contributed by atoms with Crippen LogP contribution in [0, 0.1) is 0 Å². The molecule has 2 aliphatic rings. The highest BCUT2D eigenvalue weighted by atomic mass is 32.1. The molecule has 2 aliphatic heterocycles. The molecule has 2 saturated heterocycles. The number of nitrogens with zero attached hydrogens (tertiary/aromatic N) is 3. The number of piperazine rings is 1. The molecule has 0 spiro atoms. The standard InChI is InChI=1S/C20H21F3N4O2S/c1-10(28-2)13-7-14(18-24-5-6-30-18)17-16(15(13)20(21,22)23)26-19(29-17)27-8-11-3-4-12(9-27)25-11/h5-7,10-12,25H,3-4,8-9H2,1-2H3. The summed E-state index contributed by atoms with van der Waals surface area (Å²) < 4.78 is 53.7. The minimum Gasteiger partial charge on any atom is -0.423 e. The van der Waals surface area contributed by atoms with Gasteiger partial charge in [0.05, 0.1) is 17.2 Å². The van der Waals surface area contributed by atoms with Gasteiger partial charge in [0.2, 0.25) is 0 Å². The molecule has 3 unspecified atom stereocenters. The van der Waals surface area contributed by atoms with Crippen LogP contribution in [0.25, 0.3) is 21.7 Å². The number of hydrogen-bond acceptors (Lipinski definition) is 7. The number of benzene rings is 1. The largest absolute Gasteiger partial charge is 0.423 e. The lowest BCUT2D eigenvalue weighted by atomic mass is 9.97. The molecule has 4 heterocycles. The van der Waals surface area contributed by atoms with E-state index in [0.29, 0.717) is 35.7 Å². The molecule has 2 aromatic heterocycles. The van der Waals surface area contributed by atoms with E-state index >= 15 is 0 Å². The summed E-state index contributed by atoms with van der Waals surface area (Å²) in [6.07, 6.45) is -1.64. The van der Waals surface area contributed by atoms with Gasteiger partial charge in [-0.3, -0.25) is 0 Å². The number of halogens is 3. The summed E-state index contributed by atoms with van der Waals surface area (Å²) in [5.41, 5.74) is -0.341. The van der Waals surface area contributed by atoms with Gasteiger partial charge in [0.25, 0.3) is 6.01 Å². The molecule has 2 fully saturated rings. The highest BCUT2D eigenvalue weighted by Gasteiger charge is 2.41. The number of anilines is 1. The van der Waals surface area contributed by atoms with Crippen LogP contribution < -0.4 is 10.2 Å². The van der Waals surface area contributed by atoms with Crippen LogP contribution in [0.3, 0.4) is 0 Å². The van der Waals surface area contributed by atoms with Gasteiger partial charge in [0, 0.05) is 43.9 Å². The molecule has 3 atom stereocenters. The van der Waals surface area contributed by atoms with Gasteiger partial charge in [-0.1, -0.05) is 0 Å². The molecular weight excluding hydrogens is 417 g/mol. The van der Waals surface area contributed by atoms with Crippen LogP contribution in [0.4, 0.5) is 19.2 Å². The molecule has 1 N–H and O–H groups in total. The lowest BCUT2D eigenvalue weighted by Gasteiger charge is -2.31. The Morgan fingerprint density at radius 1 is 1.30 bits per heavy atom. The summed E-state index contributed by atoms with van der Waals surface area (Å²) >= 11 is 1.34. The Balaban J connectivity index is 1.74. The molecule has 5 rings (SSSR count). The molecular formula is C20H21F3N4O2S. The first-order valence-corrected chi connectivity index (χ1v) is 10.7. The van der Waals surface area contributed by atoms with Gasteiger partial charge in [0.1, 0.15) is 10.5 Å². The Morgan fingerprint density at radius 3 is 2.63 bits per heavy atom. The first kappa shape index (κ1) is 19.8. The number of thiazole rings is 1. The van der Waals surface area contributed by atoms with Gasteiger partial charge < -0.3 is 19.4 Å². The maximum atomic E-state index is 14.2. The third-order valence-electron chi connectivity index (χ3n) is 5.91. The third kappa shape index (κ3) is 3.27. The highest BCUT2D eigenvalue weighted by Crippen LogP contribution is 2.45. The van der Waals surface area contributed by atoms with Crippen LogP contribution >= 0.6 is 11.3 Å². The number of alkyl halides is 3. The average molecular weight is 438 g/mol. The molecule has 0 radical (unpaired) electrons. The van der Waals surface area contributed by atoms with Crippen molar-refractivity contribution in [3.05, 3.63) is 28.8 Å². The fraction of sp³-hybridized carbons (Fsp3) is 0.500. The normalized spacial score (nSPS) is 22.8. The van der Waals surface area contributed by atoms with Gasteiger partial charge in [-0.15, -0.1) is 11.3 Å². The zero-order valence-corrected chi connectivity index (χ0v) is 17.3. The van der Waals surface area contributed by atoms with Crippen LogP contribution in [-0.2, 0) is 10.9 Å². The SMILES string of the molecule is COC(C)c1cc(-c2nccs2)c2oc(N3CC4CCC(C3)N4)nc2c1C(F)(F)F. The minimum absolute atomic E-state index is 0.0305. The van der Waals surface area contributed by atoms with Crippen molar-refractivity contribution in [2.75, 3.05) is 25.1 Å². The number of methoxy groups -OCH3 is 1. The molecule has 10 heteroatoms. The smallest absolute Gasteiger partial charge is 0.418 e. The summed E-state index contributed by atoms with van der Waals surface area (Å²) in [5, 5.41) is 5.87. The molecule has 3 aromatic rings. The zero-order valence-electron chi connectivity index (χ0n) is 16.5. The predicted molar refractivity (Wildman–Crippen MR) is 108 cm³/mol. The number of nitrogens with one attached hydrogen (secondary N) is 1. The van der Waals surface area contributed by atoms with Crippen LogP contribution in [0.5, 0.6) is 0 Å². The van der Waals surface area contributed by atoms with Crippen LogP contribution in [0.1, 0.15) is 37.0 Å². The number of aromatic nitrogens is 2. The van der Waals surface area contributed by atoms with Crippen molar-refractivity contribution in [1.29, 1.82) is 0 Å². The van der Waals surface area contributed by atoms with Gasteiger partial charge in [0.15, 0.2) is 5.58 Å². The number of hydrogen-bond donors (Lipinski definition) is 1. The Bertz CT molecular complexity index is 1050. The highest BCUT2D eigenvalue weighted by molar-refractivity contribution is 7.13. The molecule has 0 amide bonds. The maximum absolute atomic E-state index is 14.2. The van der Waals surface area contributed by atoms with E-state index in [2.05, 4.69) is 15.3 Å². The first-order valence-electron chi connectivity index (χ1n) is 9.83. The molecule has 160 valence electrons. The van der Waals surface area contributed by atoms with Gasteiger partial charge in [-0.2, -0.15) is 18.2 Å². The Kier molecular flexibility index (Phi) is 4.75. The average Bonchev–Trinajstić information content (AvgIpc) is 3.45. The summed E-state index contributed by atoms with van der Waals surface area (Å²) in [6.45, 7) is 2.92. The Labute approximate surface area is 175 Å². The monoisotopic (exact) mass is 438 g/mol. The topological polar surface area (TPSA) is 63.4 Å². The minimum atomic E-state index is -4.60. The lowest BCUT2D eigenvalue weighted by Crippen LogP contribution is -2.51. The second-order valence-corrected chi connectivity index (χ2v) is 8.71. The number of fused-ring (bicyclic) bond motifs is 3. The first-order chi connectivity index (χ1) is 14.3. The summed E-state index contributed by atoms with van der Waals surface area (Å²) in [5.74, 6) is 0. The third-order valence-corrected chi connectivity index (χ3v) is 6.72. The van der Waals surface area contributed by atoms with Crippen LogP contribution in [0.15, 0.2) is 22.1 Å². The second-order valence-electron chi connectivity index (χ2n) is 7.82. The van der Waals surface area contributed by atoms with E-state index in [1.807, 2.05) is 4.90 Å². The molecule has 0 aliphatic carbocycles. The van der Waals surface area contributed by atoms with E-state index in [1.165, 1.54) is 24.5 Å². The molecule has 1 aromatic carbocycles. The predicted octanol–water partition coefficient (Wildman–Crippen LogP) is 4.62. The van der Waals surface area contributed by atoms with Crippen molar-refractivity contribution >= 4 is 28.5 Å². The summed E-state index contributed by atoms with van der Waals surface area (Å²) in [6, 6.07) is 2.33. The summed E-state index contributed by atoms with van der Waals surface area (Å²) in [7, 11) is 1.39. The molecule has 0 saturated carbocycles. The Morgan fingerprint density at radius 2 is 2.03 bits per heavy atom. The second kappa shape index (κ2) is 7.21. The van der Waals surface area contributed by atoms with Crippen LogP contribution in [-0.4, -0.2) is 42.3 Å². The van der Waals surface area contributed by atoms with Gasteiger partial charge in [-0.25, -0.2) is 4.98 Å². The van der Waals surface area contributed by atoms with Gasteiger partial charge in [-0.05, 0) is 31.4 Å². The zero-order chi connectivity index (χ0) is 21.0. The van der Waals surface area contributed by atoms with Crippen molar-refractivity contribution in [2.24, 2.45) is 0 Å². The number of rotatable bonds is 4. The van der Waals surface area contributed by atoms with E-state index in [-0.39, 0.29) is 22.7 Å². The fourth-order valence-electron chi connectivity index (χ4n) is 4.44. The van der Waals surface area contributed by atoms with Crippen molar-refractivity contribution in [3.8, 4) is 10.6 Å². The van der Waals surface area contributed by atoms with E-state index in [1.54, 1.807) is 18.5 Å².